The van der Waals surface area contributed by atoms with Gasteiger partial charge in [0.15, 0.2) is 5.96 Å². The number of carbonyl (C=O) groups is 3. The van der Waals surface area contributed by atoms with Gasteiger partial charge in [-0.15, -0.1) is 0 Å². The number of hydrogen-bond donors (Lipinski definition) is 4. The van der Waals surface area contributed by atoms with Gasteiger partial charge in [0.2, 0.25) is 17.7 Å². The maximum absolute atomic E-state index is 14.1. The molecule has 5 N–H and O–H groups in total. The van der Waals surface area contributed by atoms with E-state index in [2.05, 4.69) is 28.8 Å². The Kier molecular flexibility index (Phi) is 10.4. The minimum atomic E-state index is -0.719. The molecule has 9 heteroatoms. The Morgan fingerprint density at radius 1 is 1.00 bits per heavy atom. The molecular weight excluding hydrogens is 540 g/mol. The smallest absolute Gasteiger partial charge is 0.245 e. The van der Waals surface area contributed by atoms with Crippen LogP contribution in [0.3, 0.4) is 0 Å². The van der Waals surface area contributed by atoms with Crippen LogP contribution >= 0.6 is 0 Å². The first-order valence-corrected chi connectivity index (χ1v) is 15.0. The summed E-state index contributed by atoms with van der Waals surface area (Å²) in [5.41, 5.74) is 9.65. The van der Waals surface area contributed by atoms with Gasteiger partial charge in [-0.05, 0) is 61.1 Å². The Morgan fingerprint density at radius 2 is 1.74 bits per heavy atom. The molecule has 9 nitrogen and oxygen atoms in total. The van der Waals surface area contributed by atoms with Gasteiger partial charge in [0.05, 0.1) is 6.42 Å². The number of nitrogens with zero attached hydrogens (tertiary/aromatic N) is 2. The molecule has 1 heterocycles. The van der Waals surface area contributed by atoms with Gasteiger partial charge in [0.25, 0.3) is 0 Å². The standard InChI is InChI=1S/C34H44N6O3/c1-22-11-13-28(23(2)16-22)19-31(38-25(4)41)33(43)40-20-24(3)39(21-30(40)10-7-15-37-34(35)36)32(42)18-26-12-14-27-8-5-6-9-29(27)17-26/h5-6,8-9,11-14,16-17,24,30-31H,7,10,15,18-21H2,1-4H3,(H,38,41)(H4,35,36,37)/t24-,30+,31-/m1/s1. The van der Waals surface area contributed by atoms with Crippen LogP contribution in [0.2, 0.25) is 0 Å². The van der Waals surface area contributed by atoms with Crippen molar-refractivity contribution in [3.63, 3.8) is 0 Å². The lowest BCUT2D eigenvalue weighted by Crippen LogP contribution is -2.63. The molecule has 3 aromatic rings. The van der Waals surface area contributed by atoms with E-state index >= 15 is 0 Å². The first-order chi connectivity index (χ1) is 20.5. The molecule has 0 bridgehead atoms. The molecule has 0 spiro atoms. The summed E-state index contributed by atoms with van der Waals surface area (Å²) in [5.74, 6) is -0.484. The van der Waals surface area contributed by atoms with E-state index in [1.807, 2.05) is 73.0 Å². The fourth-order valence-corrected chi connectivity index (χ4v) is 6.03. The number of hydrogen-bond acceptors (Lipinski definition) is 4. The van der Waals surface area contributed by atoms with Crippen LogP contribution in [0.25, 0.3) is 10.8 Å². The second kappa shape index (κ2) is 14.2. The molecular formula is C34H44N6O3. The van der Waals surface area contributed by atoms with E-state index < -0.39 is 6.04 Å². The van der Waals surface area contributed by atoms with Gasteiger partial charge in [0.1, 0.15) is 6.04 Å². The molecule has 0 saturated carbocycles. The van der Waals surface area contributed by atoms with Crippen molar-refractivity contribution in [2.24, 2.45) is 5.73 Å². The van der Waals surface area contributed by atoms with Gasteiger partial charge in [0, 0.05) is 45.1 Å². The minimum Gasteiger partial charge on any atom is -0.370 e. The summed E-state index contributed by atoms with van der Waals surface area (Å²) in [6.45, 7) is 8.71. The Labute approximate surface area is 254 Å². The largest absolute Gasteiger partial charge is 0.370 e. The van der Waals surface area contributed by atoms with Crippen molar-refractivity contribution < 1.29 is 14.4 Å². The highest BCUT2D eigenvalue weighted by Gasteiger charge is 2.39. The predicted molar refractivity (Wildman–Crippen MR) is 171 cm³/mol. The summed E-state index contributed by atoms with van der Waals surface area (Å²) in [5, 5.41) is 15.4. The lowest BCUT2D eigenvalue weighted by Gasteiger charge is -2.46. The van der Waals surface area contributed by atoms with Gasteiger partial charge in [-0.3, -0.25) is 19.8 Å². The topological polar surface area (TPSA) is 132 Å². The summed E-state index contributed by atoms with van der Waals surface area (Å²) in [4.78, 5) is 43.7. The molecule has 228 valence electrons. The molecule has 3 amide bonds. The van der Waals surface area contributed by atoms with Gasteiger partial charge >= 0.3 is 0 Å². The second-order valence-electron chi connectivity index (χ2n) is 11.8. The number of amides is 3. The molecule has 43 heavy (non-hydrogen) atoms. The van der Waals surface area contributed by atoms with E-state index in [9.17, 15) is 14.4 Å². The highest BCUT2D eigenvalue weighted by atomic mass is 16.2. The number of nitrogens with two attached hydrogens (primary N) is 1. The number of benzene rings is 3. The van der Waals surface area contributed by atoms with Gasteiger partial charge in [-0.2, -0.15) is 0 Å². The normalized spacial score (nSPS) is 17.4. The number of fused-ring (bicyclic) bond motifs is 1. The zero-order chi connectivity index (χ0) is 31.1. The summed E-state index contributed by atoms with van der Waals surface area (Å²) in [6, 6.07) is 19.2. The minimum absolute atomic E-state index is 0.0235. The summed E-state index contributed by atoms with van der Waals surface area (Å²) in [6.07, 6.45) is 1.95. The molecule has 0 radical (unpaired) electrons. The van der Waals surface area contributed by atoms with E-state index in [-0.39, 0.29) is 42.2 Å². The van der Waals surface area contributed by atoms with E-state index in [0.717, 1.165) is 33.0 Å². The van der Waals surface area contributed by atoms with E-state index in [1.165, 1.54) is 6.92 Å². The summed E-state index contributed by atoms with van der Waals surface area (Å²) < 4.78 is 0. The highest BCUT2D eigenvalue weighted by Crippen LogP contribution is 2.24. The van der Waals surface area contributed by atoms with Crippen molar-refractivity contribution in [1.82, 2.24) is 20.4 Å². The molecule has 0 aliphatic carbocycles. The average Bonchev–Trinajstić information content (AvgIpc) is 2.95. The fourth-order valence-electron chi connectivity index (χ4n) is 6.03. The monoisotopic (exact) mass is 584 g/mol. The molecule has 1 saturated heterocycles. The maximum atomic E-state index is 14.1. The molecule has 4 rings (SSSR count). The molecule has 0 unspecified atom stereocenters. The van der Waals surface area contributed by atoms with Crippen LogP contribution in [0.4, 0.5) is 0 Å². The van der Waals surface area contributed by atoms with Crippen LogP contribution in [-0.2, 0) is 27.2 Å². The van der Waals surface area contributed by atoms with Crippen LogP contribution < -0.4 is 16.4 Å². The lowest BCUT2D eigenvalue weighted by atomic mass is 9.96. The Bertz CT molecular complexity index is 1490. The third-order valence-corrected chi connectivity index (χ3v) is 8.24. The zero-order valence-corrected chi connectivity index (χ0v) is 25.7. The Balaban J connectivity index is 1.54. The van der Waals surface area contributed by atoms with E-state index in [0.29, 0.717) is 38.9 Å². The van der Waals surface area contributed by atoms with Crippen molar-refractivity contribution in [1.29, 1.82) is 5.41 Å². The van der Waals surface area contributed by atoms with Crippen molar-refractivity contribution in [2.75, 3.05) is 19.6 Å². The maximum Gasteiger partial charge on any atom is 0.245 e. The lowest BCUT2D eigenvalue weighted by molar-refractivity contribution is -0.148. The van der Waals surface area contributed by atoms with Gasteiger partial charge in [-0.25, -0.2) is 0 Å². The van der Waals surface area contributed by atoms with Gasteiger partial charge in [-0.1, -0.05) is 66.2 Å². The first kappa shape index (κ1) is 31.5. The third kappa shape index (κ3) is 8.34. The number of guanidine groups is 1. The van der Waals surface area contributed by atoms with Crippen molar-refractivity contribution in [3.8, 4) is 0 Å². The molecule has 1 fully saturated rings. The Morgan fingerprint density at radius 3 is 2.44 bits per heavy atom. The first-order valence-electron chi connectivity index (χ1n) is 15.0. The summed E-state index contributed by atoms with van der Waals surface area (Å²) >= 11 is 0. The molecule has 1 aliphatic rings. The van der Waals surface area contributed by atoms with Crippen molar-refractivity contribution in [3.05, 3.63) is 82.9 Å². The highest BCUT2D eigenvalue weighted by molar-refractivity contribution is 5.88. The van der Waals surface area contributed by atoms with Crippen molar-refractivity contribution in [2.45, 2.75) is 71.5 Å². The number of rotatable bonds is 10. The van der Waals surface area contributed by atoms with Crippen LogP contribution in [0.5, 0.6) is 0 Å². The SMILES string of the molecule is CC(=O)N[C@H](Cc1ccc(C)cc1C)C(=O)N1C[C@@H](C)N(C(=O)Cc2ccc3ccccc3c2)C[C@@H]1CCCNC(=N)N. The van der Waals surface area contributed by atoms with Crippen LogP contribution in [0.15, 0.2) is 60.7 Å². The van der Waals surface area contributed by atoms with Crippen LogP contribution in [0, 0.1) is 19.3 Å². The average molecular weight is 585 g/mol. The number of piperazine rings is 1. The van der Waals surface area contributed by atoms with E-state index in [1.54, 1.807) is 0 Å². The van der Waals surface area contributed by atoms with Gasteiger partial charge < -0.3 is 26.2 Å². The molecule has 1 aliphatic heterocycles. The van der Waals surface area contributed by atoms with Crippen LogP contribution in [-0.4, -0.2) is 71.2 Å². The summed E-state index contributed by atoms with van der Waals surface area (Å²) in [7, 11) is 0. The molecule has 3 aromatic carbocycles. The van der Waals surface area contributed by atoms with E-state index in [4.69, 9.17) is 11.1 Å². The fraction of sp³-hybridized carbons (Fsp3) is 0.412. The third-order valence-electron chi connectivity index (χ3n) is 8.24. The second-order valence-corrected chi connectivity index (χ2v) is 11.8. The Hall–Kier alpha value is -4.40. The molecule has 3 atom stereocenters. The quantitative estimate of drug-likeness (QED) is 0.165. The predicted octanol–water partition coefficient (Wildman–Crippen LogP) is 3.44. The number of carbonyl (C=O) groups excluding carboxylic acids is 3. The van der Waals surface area contributed by atoms with Crippen molar-refractivity contribution >= 4 is 34.5 Å². The number of nitrogens with one attached hydrogen (secondary N) is 3. The van der Waals surface area contributed by atoms with Crippen LogP contribution in [0.1, 0.15) is 48.9 Å². The zero-order valence-electron chi connectivity index (χ0n) is 25.7. The molecule has 0 aromatic heterocycles. The number of aryl methyl sites for hydroxylation is 2.